The molecule has 1 rings (SSSR count). The molecule has 1 aromatic rings. The molecule has 9 heteroatoms. The zero-order valence-corrected chi connectivity index (χ0v) is 11.4. The molecule has 0 amide bonds. The number of alkyl halides is 3. The fraction of sp³-hybridized carbons (Fsp3) is 0.400. The summed E-state index contributed by atoms with van der Waals surface area (Å²) in [6.07, 6.45) is -4.82. The summed E-state index contributed by atoms with van der Waals surface area (Å²) >= 11 is 5.60. The third-order valence-corrected chi connectivity index (χ3v) is 4.37. The first-order chi connectivity index (χ1) is 8.59. The van der Waals surface area contributed by atoms with Gasteiger partial charge in [0.05, 0.1) is 10.6 Å². The number of nitrogens with one attached hydrogen (secondary N) is 1. The Morgan fingerprint density at radius 3 is 2.47 bits per heavy atom. The minimum Gasteiger partial charge on any atom is -0.329 e. The summed E-state index contributed by atoms with van der Waals surface area (Å²) in [5.41, 5.74) is 3.93. The van der Waals surface area contributed by atoms with Gasteiger partial charge in [-0.15, -0.1) is 0 Å². The van der Waals surface area contributed by atoms with Crippen LogP contribution in [-0.2, 0) is 16.2 Å². The SMILES string of the molecule is C[C@@H](CN)NS(=O)(=O)c1c(Cl)cccc1C(F)(F)F. The summed E-state index contributed by atoms with van der Waals surface area (Å²) in [7, 11) is -4.40. The maximum absolute atomic E-state index is 12.8. The van der Waals surface area contributed by atoms with E-state index < -0.39 is 37.7 Å². The summed E-state index contributed by atoms with van der Waals surface area (Å²) in [6, 6.07) is 2.07. The van der Waals surface area contributed by atoms with Crippen molar-refractivity contribution in [1.29, 1.82) is 0 Å². The highest BCUT2D eigenvalue weighted by Gasteiger charge is 2.38. The second-order valence-corrected chi connectivity index (χ2v) is 5.93. The van der Waals surface area contributed by atoms with Gasteiger partial charge in [0.2, 0.25) is 10.0 Å². The van der Waals surface area contributed by atoms with E-state index in [1.54, 1.807) is 0 Å². The highest BCUT2D eigenvalue weighted by Crippen LogP contribution is 2.37. The second kappa shape index (κ2) is 5.66. The zero-order chi connectivity index (χ0) is 14.8. The van der Waals surface area contributed by atoms with Crippen molar-refractivity contribution in [3.63, 3.8) is 0 Å². The van der Waals surface area contributed by atoms with Gasteiger partial charge in [-0.25, -0.2) is 13.1 Å². The van der Waals surface area contributed by atoms with Crippen molar-refractivity contribution < 1.29 is 21.6 Å². The molecule has 0 aliphatic carbocycles. The van der Waals surface area contributed by atoms with Crippen LogP contribution in [0.25, 0.3) is 0 Å². The van der Waals surface area contributed by atoms with Gasteiger partial charge in [0.25, 0.3) is 0 Å². The van der Waals surface area contributed by atoms with E-state index in [0.29, 0.717) is 6.07 Å². The first-order valence-corrected chi connectivity index (χ1v) is 7.04. The first kappa shape index (κ1) is 16.2. The van der Waals surface area contributed by atoms with Gasteiger partial charge >= 0.3 is 6.18 Å². The summed E-state index contributed by atoms with van der Waals surface area (Å²) in [4.78, 5) is -0.982. The molecule has 4 nitrogen and oxygen atoms in total. The van der Waals surface area contributed by atoms with Crippen molar-refractivity contribution in [2.24, 2.45) is 5.73 Å². The number of hydrogen-bond acceptors (Lipinski definition) is 3. The quantitative estimate of drug-likeness (QED) is 0.892. The van der Waals surface area contributed by atoms with Crippen LogP contribution in [0.3, 0.4) is 0 Å². The van der Waals surface area contributed by atoms with E-state index in [1.165, 1.54) is 6.92 Å². The lowest BCUT2D eigenvalue weighted by atomic mass is 10.2. The van der Waals surface area contributed by atoms with E-state index in [2.05, 4.69) is 0 Å². The molecule has 0 saturated heterocycles. The Morgan fingerprint density at radius 1 is 1.42 bits per heavy atom. The van der Waals surface area contributed by atoms with Crippen LogP contribution >= 0.6 is 11.6 Å². The maximum Gasteiger partial charge on any atom is 0.417 e. The number of benzene rings is 1. The van der Waals surface area contributed by atoms with Gasteiger partial charge in [-0.05, 0) is 19.1 Å². The van der Waals surface area contributed by atoms with Crippen LogP contribution < -0.4 is 10.5 Å². The largest absolute Gasteiger partial charge is 0.417 e. The molecule has 0 heterocycles. The summed E-state index contributed by atoms with van der Waals surface area (Å²) in [5, 5.41) is -0.494. The fourth-order valence-corrected chi connectivity index (χ4v) is 3.40. The van der Waals surface area contributed by atoms with E-state index in [4.69, 9.17) is 17.3 Å². The predicted octanol–water partition coefficient (Wildman–Crippen LogP) is 1.98. The summed E-state index contributed by atoms with van der Waals surface area (Å²) in [5.74, 6) is 0. The van der Waals surface area contributed by atoms with Gasteiger partial charge < -0.3 is 5.73 Å². The molecular weight excluding hydrogens is 305 g/mol. The van der Waals surface area contributed by atoms with Crippen LogP contribution in [-0.4, -0.2) is 21.0 Å². The van der Waals surface area contributed by atoms with Crippen molar-refractivity contribution in [3.05, 3.63) is 28.8 Å². The lowest BCUT2D eigenvalue weighted by Crippen LogP contribution is -2.38. The molecule has 19 heavy (non-hydrogen) atoms. The van der Waals surface area contributed by atoms with Gasteiger partial charge in [-0.2, -0.15) is 13.2 Å². The maximum atomic E-state index is 12.8. The number of halogens is 4. The van der Waals surface area contributed by atoms with Crippen LogP contribution in [0.5, 0.6) is 0 Å². The normalized spacial score (nSPS) is 14.4. The second-order valence-electron chi connectivity index (χ2n) is 3.87. The molecule has 1 atom stereocenters. The minimum atomic E-state index is -4.82. The molecule has 108 valence electrons. The first-order valence-electron chi connectivity index (χ1n) is 5.17. The van der Waals surface area contributed by atoms with Crippen LogP contribution in [0.4, 0.5) is 13.2 Å². The standard InChI is InChI=1S/C10H12ClF3N2O2S/c1-6(5-15)16-19(17,18)9-7(10(12,13)14)3-2-4-8(9)11/h2-4,6,16H,5,15H2,1H3/t6-/m0/s1. The van der Waals surface area contributed by atoms with Crippen molar-refractivity contribution in [1.82, 2.24) is 4.72 Å². The van der Waals surface area contributed by atoms with Crippen LogP contribution in [0.1, 0.15) is 12.5 Å². The number of sulfonamides is 1. The average molecular weight is 317 g/mol. The summed E-state index contributed by atoms with van der Waals surface area (Å²) in [6.45, 7) is 1.38. The Hall–Kier alpha value is -0.830. The smallest absolute Gasteiger partial charge is 0.329 e. The monoisotopic (exact) mass is 316 g/mol. The van der Waals surface area contributed by atoms with E-state index in [1.807, 2.05) is 4.72 Å². The van der Waals surface area contributed by atoms with Crippen LogP contribution in [0.2, 0.25) is 5.02 Å². The molecule has 0 aliphatic rings. The zero-order valence-electron chi connectivity index (χ0n) is 9.83. The van der Waals surface area contributed by atoms with Crippen LogP contribution in [0.15, 0.2) is 23.1 Å². The Bertz CT molecular complexity index is 560. The Kier molecular flexibility index (Phi) is 4.83. The van der Waals surface area contributed by atoms with Crippen molar-refractivity contribution in [2.45, 2.75) is 24.0 Å². The Labute approximate surface area is 113 Å². The molecule has 0 spiro atoms. The molecule has 0 aromatic heterocycles. The average Bonchev–Trinajstić information content (AvgIpc) is 2.26. The molecular formula is C10H12ClF3N2O2S. The van der Waals surface area contributed by atoms with Gasteiger partial charge in [-0.3, -0.25) is 0 Å². The number of rotatable bonds is 4. The van der Waals surface area contributed by atoms with Gasteiger partial charge in [-0.1, -0.05) is 17.7 Å². The topological polar surface area (TPSA) is 72.2 Å². The number of hydrogen-bond donors (Lipinski definition) is 2. The van der Waals surface area contributed by atoms with E-state index in [0.717, 1.165) is 12.1 Å². The van der Waals surface area contributed by atoms with Gasteiger partial charge in [0.1, 0.15) is 4.90 Å². The summed E-state index contributed by atoms with van der Waals surface area (Å²) < 4.78 is 64.3. The van der Waals surface area contributed by atoms with Crippen molar-refractivity contribution in [2.75, 3.05) is 6.54 Å². The van der Waals surface area contributed by atoms with E-state index in [9.17, 15) is 21.6 Å². The highest BCUT2D eigenvalue weighted by molar-refractivity contribution is 7.89. The van der Waals surface area contributed by atoms with Crippen molar-refractivity contribution >= 4 is 21.6 Å². The molecule has 0 aliphatic heterocycles. The lowest BCUT2D eigenvalue weighted by Gasteiger charge is -2.17. The molecule has 1 aromatic carbocycles. The van der Waals surface area contributed by atoms with Crippen molar-refractivity contribution in [3.8, 4) is 0 Å². The van der Waals surface area contributed by atoms with Crippen LogP contribution in [0, 0.1) is 0 Å². The van der Waals surface area contributed by atoms with Gasteiger partial charge in [0, 0.05) is 12.6 Å². The Balaban J connectivity index is 3.42. The van der Waals surface area contributed by atoms with Gasteiger partial charge in [0.15, 0.2) is 0 Å². The molecule has 0 saturated carbocycles. The Morgan fingerprint density at radius 2 is 2.00 bits per heavy atom. The highest BCUT2D eigenvalue weighted by atomic mass is 35.5. The number of nitrogens with two attached hydrogens (primary N) is 1. The fourth-order valence-electron chi connectivity index (χ4n) is 1.38. The third kappa shape index (κ3) is 3.82. The molecule has 0 radical (unpaired) electrons. The molecule has 3 N–H and O–H groups in total. The molecule has 0 fully saturated rings. The van der Waals surface area contributed by atoms with E-state index >= 15 is 0 Å². The minimum absolute atomic E-state index is 0.0506. The molecule has 0 bridgehead atoms. The molecule has 0 unspecified atom stereocenters. The van der Waals surface area contributed by atoms with E-state index in [-0.39, 0.29) is 6.54 Å². The predicted molar refractivity (Wildman–Crippen MR) is 65.3 cm³/mol. The lowest BCUT2D eigenvalue weighted by molar-refractivity contribution is -0.139. The third-order valence-electron chi connectivity index (χ3n) is 2.25.